The Kier molecular flexibility index (Phi) is 4.75. The minimum absolute atomic E-state index is 0.0951. The van der Waals surface area contributed by atoms with Crippen LogP contribution in [0.4, 0.5) is 0 Å². The molecule has 1 rings (SSSR count). The summed E-state index contributed by atoms with van der Waals surface area (Å²) >= 11 is 3.68. The first-order valence-electron chi connectivity index (χ1n) is 4.87. The normalized spacial score (nSPS) is 12.5. The van der Waals surface area contributed by atoms with Gasteiger partial charge in [0.25, 0.3) is 5.91 Å². The number of nitrogens with two attached hydrogens (primary N) is 1. The Balaban J connectivity index is 2.60. The number of carbonyl (C=O) groups is 1. The van der Waals surface area contributed by atoms with E-state index in [1.54, 1.807) is 19.2 Å². The lowest BCUT2D eigenvalue weighted by atomic mass is 9.92. The largest absolute Gasteiger partial charge is 0.409 e. The molecule has 0 aliphatic heterocycles. The molecule has 1 heterocycles. The number of carbonyl (C=O) groups excluding carboxylic acids is 1. The summed E-state index contributed by atoms with van der Waals surface area (Å²) < 4.78 is 1.06. The first-order valence-corrected chi connectivity index (χ1v) is 6.83. The third-order valence-electron chi connectivity index (χ3n) is 2.32. The van der Waals surface area contributed by atoms with Crippen LogP contribution in [-0.4, -0.2) is 23.5 Å². The molecule has 17 heavy (non-hydrogen) atoms. The average Bonchev–Trinajstić information content (AvgIpc) is 2.71. The predicted molar refractivity (Wildman–Crippen MR) is 76.6 cm³/mol. The van der Waals surface area contributed by atoms with Crippen molar-refractivity contribution in [3.05, 3.63) is 19.9 Å². The van der Waals surface area contributed by atoms with Crippen LogP contribution >= 0.6 is 33.9 Å². The average molecular weight is 367 g/mol. The highest BCUT2D eigenvalue weighted by Crippen LogP contribution is 2.17. The summed E-state index contributed by atoms with van der Waals surface area (Å²) in [4.78, 5) is 11.8. The number of oxime groups is 1. The van der Waals surface area contributed by atoms with E-state index < -0.39 is 5.41 Å². The summed E-state index contributed by atoms with van der Waals surface area (Å²) in [5, 5.41) is 16.1. The quantitative estimate of drug-likeness (QED) is 0.250. The minimum Gasteiger partial charge on any atom is -0.409 e. The van der Waals surface area contributed by atoms with Crippen LogP contribution in [0.2, 0.25) is 0 Å². The molecule has 0 radical (unpaired) electrons. The van der Waals surface area contributed by atoms with Gasteiger partial charge in [0.1, 0.15) is 5.84 Å². The van der Waals surface area contributed by atoms with Crippen molar-refractivity contribution in [2.45, 2.75) is 13.8 Å². The molecule has 1 amide bonds. The van der Waals surface area contributed by atoms with Crippen molar-refractivity contribution < 1.29 is 10.0 Å². The van der Waals surface area contributed by atoms with Crippen LogP contribution in [0.1, 0.15) is 24.2 Å². The number of amides is 1. The van der Waals surface area contributed by atoms with Gasteiger partial charge < -0.3 is 16.3 Å². The van der Waals surface area contributed by atoms with E-state index in [1.165, 1.54) is 11.3 Å². The molecule has 0 fully saturated rings. The molecule has 0 unspecified atom stereocenters. The summed E-state index contributed by atoms with van der Waals surface area (Å²) in [6.07, 6.45) is 0. The molecule has 0 bridgehead atoms. The zero-order valence-electron chi connectivity index (χ0n) is 9.53. The van der Waals surface area contributed by atoms with Gasteiger partial charge in [0.15, 0.2) is 0 Å². The van der Waals surface area contributed by atoms with Crippen molar-refractivity contribution in [1.82, 2.24) is 5.32 Å². The summed E-state index contributed by atoms with van der Waals surface area (Å²) in [5.41, 5.74) is 5.59. The fraction of sp³-hybridized carbons (Fsp3) is 0.400. The first-order chi connectivity index (χ1) is 7.86. The topological polar surface area (TPSA) is 87.7 Å². The number of hydrogen-bond acceptors (Lipinski definition) is 4. The van der Waals surface area contributed by atoms with Gasteiger partial charge in [-0.15, -0.1) is 11.3 Å². The van der Waals surface area contributed by atoms with Gasteiger partial charge in [-0.3, -0.25) is 4.79 Å². The second-order valence-corrected chi connectivity index (χ2v) is 7.00. The third kappa shape index (κ3) is 3.84. The number of halogens is 1. The molecule has 94 valence electrons. The van der Waals surface area contributed by atoms with Crippen LogP contribution in [0.3, 0.4) is 0 Å². The van der Waals surface area contributed by atoms with Crippen molar-refractivity contribution >= 4 is 45.7 Å². The SMILES string of the molecule is CC(C)(CNC(=O)c1csc(I)c1)C(N)=NO. The van der Waals surface area contributed by atoms with Gasteiger partial charge in [-0.25, -0.2) is 0 Å². The second kappa shape index (κ2) is 5.67. The Labute approximate surface area is 117 Å². The minimum atomic E-state index is -0.576. The number of nitrogens with zero attached hydrogens (tertiary/aromatic N) is 1. The van der Waals surface area contributed by atoms with E-state index in [-0.39, 0.29) is 11.7 Å². The van der Waals surface area contributed by atoms with Crippen molar-refractivity contribution in [3.8, 4) is 0 Å². The summed E-state index contributed by atoms with van der Waals surface area (Å²) in [6.45, 7) is 3.90. The maximum atomic E-state index is 11.8. The highest BCUT2D eigenvalue weighted by atomic mass is 127. The third-order valence-corrected chi connectivity index (χ3v) is 4.11. The molecule has 1 aromatic rings. The number of rotatable bonds is 4. The zero-order valence-corrected chi connectivity index (χ0v) is 12.5. The lowest BCUT2D eigenvalue weighted by molar-refractivity contribution is 0.0944. The summed E-state index contributed by atoms with van der Waals surface area (Å²) in [6, 6.07) is 1.82. The van der Waals surface area contributed by atoms with E-state index in [2.05, 4.69) is 33.1 Å². The zero-order chi connectivity index (χ0) is 13.1. The Bertz CT molecular complexity index is 443. The molecule has 0 aliphatic rings. The number of thiophene rings is 1. The Morgan fingerprint density at radius 1 is 1.71 bits per heavy atom. The molecule has 7 heteroatoms. The molecule has 0 saturated carbocycles. The molecule has 0 saturated heterocycles. The van der Waals surface area contributed by atoms with E-state index in [1.807, 2.05) is 6.07 Å². The molecule has 0 aromatic carbocycles. The van der Waals surface area contributed by atoms with Crippen LogP contribution in [-0.2, 0) is 0 Å². The van der Waals surface area contributed by atoms with Crippen molar-refractivity contribution in [1.29, 1.82) is 0 Å². The van der Waals surface area contributed by atoms with Gasteiger partial charge in [-0.1, -0.05) is 19.0 Å². The highest BCUT2D eigenvalue weighted by molar-refractivity contribution is 14.1. The molecular weight excluding hydrogens is 353 g/mol. The molecule has 0 aliphatic carbocycles. The molecule has 0 atom stereocenters. The van der Waals surface area contributed by atoms with Crippen LogP contribution in [0, 0.1) is 8.30 Å². The van der Waals surface area contributed by atoms with Crippen LogP contribution in [0.5, 0.6) is 0 Å². The molecule has 5 nitrogen and oxygen atoms in total. The Hall–Kier alpha value is -0.830. The maximum Gasteiger partial charge on any atom is 0.252 e. The summed E-state index contributed by atoms with van der Waals surface area (Å²) in [5.74, 6) is -0.0549. The monoisotopic (exact) mass is 367 g/mol. The lowest BCUT2D eigenvalue weighted by Crippen LogP contribution is -2.42. The predicted octanol–water partition coefficient (Wildman–Crippen LogP) is 1.86. The second-order valence-electron chi connectivity index (χ2n) is 4.19. The van der Waals surface area contributed by atoms with Gasteiger partial charge >= 0.3 is 0 Å². The van der Waals surface area contributed by atoms with Crippen LogP contribution < -0.4 is 11.1 Å². The van der Waals surface area contributed by atoms with Crippen molar-refractivity contribution in [3.63, 3.8) is 0 Å². The van der Waals surface area contributed by atoms with Crippen molar-refractivity contribution in [2.24, 2.45) is 16.3 Å². The van der Waals surface area contributed by atoms with Gasteiger partial charge in [-0.2, -0.15) is 0 Å². The number of nitrogens with one attached hydrogen (secondary N) is 1. The van der Waals surface area contributed by atoms with E-state index in [9.17, 15) is 4.79 Å². The van der Waals surface area contributed by atoms with Gasteiger partial charge in [0, 0.05) is 17.3 Å². The van der Waals surface area contributed by atoms with Crippen LogP contribution in [0.25, 0.3) is 0 Å². The molecular formula is C10H14IN3O2S. The molecule has 4 N–H and O–H groups in total. The van der Waals surface area contributed by atoms with Gasteiger partial charge in [0.05, 0.1) is 8.45 Å². The van der Waals surface area contributed by atoms with E-state index in [0.717, 1.165) is 2.88 Å². The smallest absolute Gasteiger partial charge is 0.252 e. The Morgan fingerprint density at radius 3 is 2.82 bits per heavy atom. The fourth-order valence-corrected chi connectivity index (χ4v) is 2.38. The fourth-order valence-electron chi connectivity index (χ4n) is 1.06. The molecule has 1 aromatic heterocycles. The first kappa shape index (κ1) is 14.2. The van der Waals surface area contributed by atoms with Crippen LogP contribution in [0.15, 0.2) is 16.6 Å². The summed E-state index contributed by atoms with van der Waals surface area (Å²) in [7, 11) is 0. The maximum absolute atomic E-state index is 11.8. The number of amidine groups is 1. The van der Waals surface area contributed by atoms with E-state index in [0.29, 0.717) is 12.1 Å². The molecule has 0 spiro atoms. The Morgan fingerprint density at radius 2 is 2.35 bits per heavy atom. The van der Waals surface area contributed by atoms with Gasteiger partial charge in [0.2, 0.25) is 0 Å². The lowest BCUT2D eigenvalue weighted by Gasteiger charge is -2.22. The standard InChI is InChI=1S/C10H14IN3O2S/c1-10(2,9(12)14-16)5-13-8(15)6-3-7(11)17-4-6/h3-4,16H,5H2,1-2H3,(H2,12,14)(H,13,15). The highest BCUT2D eigenvalue weighted by Gasteiger charge is 2.24. The van der Waals surface area contributed by atoms with Gasteiger partial charge in [-0.05, 0) is 28.7 Å². The van der Waals surface area contributed by atoms with E-state index >= 15 is 0 Å². The van der Waals surface area contributed by atoms with E-state index in [4.69, 9.17) is 10.9 Å². The number of hydrogen-bond donors (Lipinski definition) is 3. The van der Waals surface area contributed by atoms with Crippen molar-refractivity contribution in [2.75, 3.05) is 6.54 Å².